The van der Waals surface area contributed by atoms with Crippen LogP contribution in [0, 0.1) is 17.1 Å². The molecule has 9 heteroatoms. The van der Waals surface area contributed by atoms with Crippen molar-refractivity contribution in [2.24, 2.45) is 4.99 Å². The molecule has 0 atom stereocenters. The number of guanidine groups is 1. The topological polar surface area (TPSA) is 113 Å². The van der Waals surface area contributed by atoms with Gasteiger partial charge in [-0.25, -0.2) is 9.07 Å². The van der Waals surface area contributed by atoms with Gasteiger partial charge in [-0.1, -0.05) is 18.2 Å². The lowest BCUT2D eigenvalue weighted by atomic mass is 10.1. The molecule has 0 saturated heterocycles. The van der Waals surface area contributed by atoms with E-state index in [0.29, 0.717) is 55.4 Å². The number of nitrogens with one attached hydrogen (secondary N) is 2. The Labute approximate surface area is 192 Å². The number of anilines is 1. The Morgan fingerprint density at radius 3 is 2.64 bits per heavy atom. The zero-order valence-corrected chi connectivity index (χ0v) is 18.6. The second-order valence-electron chi connectivity index (χ2n) is 7.16. The van der Waals surface area contributed by atoms with E-state index in [1.807, 2.05) is 37.3 Å². The van der Waals surface area contributed by atoms with Crippen LogP contribution in [0.15, 0.2) is 59.6 Å². The zero-order chi connectivity index (χ0) is 23.5. The van der Waals surface area contributed by atoms with E-state index < -0.39 is 0 Å². The van der Waals surface area contributed by atoms with Crippen LogP contribution in [0.1, 0.15) is 24.6 Å². The van der Waals surface area contributed by atoms with E-state index in [4.69, 9.17) is 10.5 Å². The molecule has 0 aliphatic carbocycles. The number of aromatic nitrogens is 2. The Bertz CT molecular complexity index is 1090. The standard InChI is InChI=1S/C24H28FN7O/c1-2-28-24(30-15-16-33-20-7-4-3-5-8-20)29-14-6-9-22-21(17-26)23(27)32(31-22)19-12-10-18(25)11-13-19/h3-5,7-8,10-13H,2,6,9,14-16,27H2,1H3,(H2,28,29,30). The highest BCUT2D eigenvalue weighted by Gasteiger charge is 2.16. The van der Waals surface area contributed by atoms with Gasteiger partial charge in [0.25, 0.3) is 0 Å². The molecule has 0 saturated carbocycles. The summed E-state index contributed by atoms with van der Waals surface area (Å²) in [4.78, 5) is 4.57. The van der Waals surface area contributed by atoms with E-state index in [2.05, 4.69) is 26.8 Å². The molecule has 0 aliphatic heterocycles. The summed E-state index contributed by atoms with van der Waals surface area (Å²) in [5.41, 5.74) is 7.65. The van der Waals surface area contributed by atoms with Crippen molar-refractivity contribution < 1.29 is 9.13 Å². The van der Waals surface area contributed by atoms with Gasteiger partial charge < -0.3 is 21.1 Å². The number of nitriles is 1. The highest BCUT2D eigenvalue weighted by Crippen LogP contribution is 2.21. The summed E-state index contributed by atoms with van der Waals surface area (Å²) in [5, 5.41) is 20.4. The molecule has 0 aliphatic rings. The maximum atomic E-state index is 13.2. The molecule has 3 aromatic rings. The maximum Gasteiger partial charge on any atom is 0.191 e. The molecular formula is C24H28FN7O. The van der Waals surface area contributed by atoms with Crippen molar-refractivity contribution in [1.82, 2.24) is 20.4 Å². The number of hydrogen-bond acceptors (Lipinski definition) is 5. The normalized spacial score (nSPS) is 11.1. The Balaban J connectivity index is 1.53. The highest BCUT2D eigenvalue weighted by atomic mass is 19.1. The molecule has 1 aromatic heterocycles. The molecule has 0 amide bonds. The first-order valence-electron chi connectivity index (χ1n) is 10.9. The molecule has 0 spiro atoms. The lowest BCUT2D eigenvalue weighted by Gasteiger charge is -2.12. The Kier molecular flexibility index (Phi) is 8.65. The quantitative estimate of drug-likeness (QED) is 0.249. The first-order valence-corrected chi connectivity index (χ1v) is 10.9. The third kappa shape index (κ3) is 6.71. The van der Waals surface area contributed by atoms with Crippen LogP contribution >= 0.6 is 0 Å². The minimum atomic E-state index is -0.347. The van der Waals surface area contributed by atoms with Gasteiger partial charge in [0.05, 0.1) is 17.9 Å². The minimum Gasteiger partial charge on any atom is -0.492 e. The van der Waals surface area contributed by atoms with Gasteiger partial charge in [0.15, 0.2) is 5.96 Å². The third-order valence-electron chi connectivity index (χ3n) is 4.77. The van der Waals surface area contributed by atoms with Crippen molar-refractivity contribution in [1.29, 1.82) is 5.26 Å². The number of para-hydroxylation sites is 1. The SMILES string of the molecule is CCNC(=NCCCc1nn(-c2ccc(F)cc2)c(N)c1C#N)NCCOc1ccccc1. The number of nitrogens with two attached hydrogens (primary N) is 1. The van der Waals surface area contributed by atoms with Crippen LogP contribution in [0.5, 0.6) is 5.75 Å². The molecule has 1 heterocycles. The van der Waals surface area contributed by atoms with Gasteiger partial charge in [-0.05, 0) is 56.2 Å². The average molecular weight is 450 g/mol. The van der Waals surface area contributed by atoms with Crippen molar-refractivity contribution >= 4 is 11.8 Å². The van der Waals surface area contributed by atoms with E-state index >= 15 is 0 Å². The number of ether oxygens (including phenoxy) is 1. The van der Waals surface area contributed by atoms with Gasteiger partial charge in [-0.3, -0.25) is 4.99 Å². The van der Waals surface area contributed by atoms with Crippen LogP contribution in [-0.4, -0.2) is 42.0 Å². The summed E-state index contributed by atoms with van der Waals surface area (Å²) in [7, 11) is 0. The minimum absolute atomic E-state index is 0.246. The lowest BCUT2D eigenvalue weighted by molar-refractivity contribution is 0.322. The molecule has 8 nitrogen and oxygen atoms in total. The van der Waals surface area contributed by atoms with E-state index in [0.717, 1.165) is 12.3 Å². The molecule has 4 N–H and O–H groups in total. The molecule has 0 bridgehead atoms. The summed E-state index contributed by atoms with van der Waals surface area (Å²) in [5.74, 6) is 1.43. The average Bonchev–Trinajstić information content (AvgIpc) is 3.15. The number of halogens is 1. The van der Waals surface area contributed by atoms with Crippen molar-refractivity contribution in [3.05, 3.63) is 71.7 Å². The molecular weight excluding hydrogens is 421 g/mol. The molecule has 3 rings (SSSR count). The predicted molar refractivity (Wildman–Crippen MR) is 127 cm³/mol. The number of nitrogens with zero attached hydrogens (tertiary/aromatic N) is 4. The maximum absolute atomic E-state index is 13.2. The number of aryl methyl sites for hydroxylation is 1. The molecule has 172 valence electrons. The number of aliphatic imine (C=N–C) groups is 1. The molecule has 0 unspecified atom stereocenters. The van der Waals surface area contributed by atoms with Crippen LogP contribution in [0.25, 0.3) is 5.69 Å². The molecule has 2 aromatic carbocycles. The van der Waals surface area contributed by atoms with Crippen LogP contribution in [0.2, 0.25) is 0 Å². The van der Waals surface area contributed by atoms with Gasteiger partial charge in [-0.15, -0.1) is 0 Å². The van der Waals surface area contributed by atoms with Gasteiger partial charge in [0.2, 0.25) is 0 Å². The monoisotopic (exact) mass is 449 g/mol. The Morgan fingerprint density at radius 2 is 1.94 bits per heavy atom. The predicted octanol–water partition coefficient (Wildman–Crippen LogP) is 3.03. The number of benzene rings is 2. The van der Waals surface area contributed by atoms with Crippen LogP contribution in [-0.2, 0) is 6.42 Å². The fourth-order valence-electron chi connectivity index (χ4n) is 3.19. The summed E-state index contributed by atoms with van der Waals surface area (Å²) in [6.07, 6.45) is 1.23. The van der Waals surface area contributed by atoms with E-state index in [1.54, 1.807) is 12.1 Å². The van der Waals surface area contributed by atoms with Crippen LogP contribution < -0.4 is 21.1 Å². The van der Waals surface area contributed by atoms with Gasteiger partial charge >= 0.3 is 0 Å². The van der Waals surface area contributed by atoms with Crippen molar-refractivity contribution in [2.45, 2.75) is 19.8 Å². The largest absolute Gasteiger partial charge is 0.492 e. The Morgan fingerprint density at radius 1 is 1.18 bits per heavy atom. The lowest BCUT2D eigenvalue weighted by Crippen LogP contribution is -2.39. The fourth-order valence-corrected chi connectivity index (χ4v) is 3.19. The zero-order valence-electron chi connectivity index (χ0n) is 18.6. The Hall–Kier alpha value is -4.06. The van der Waals surface area contributed by atoms with E-state index in [1.165, 1.54) is 16.8 Å². The summed E-state index contributed by atoms with van der Waals surface area (Å²) < 4.78 is 20.4. The van der Waals surface area contributed by atoms with Gasteiger partial charge in [0, 0.05) is 13.1 Å². The molecule has 0 radical (unpaired) electrons. The van der Waals surface area contributed by atoms with Crippen molar-refractivity contribution in [3.8, 4) is 17.5 Å². The second-order valence-corrected chi connectivity index (χ2v) is 7.16. The molecule has 33 heavy (non-hydrogen) atoms. The van der Waals surface area contributed by atoms with Crippen LogP contribution in [0.3, 0.4) is 0 Å². The number of nitrogen functional groups attached to an aromatic ring is 1. The van der Waals surface area contributed by atoms with E-state index in [9.17, 15) is 9.65 Å². The first kappa shape index (κ1) is 23.6. The smallest absolute Gasteiger partial charge is 0.191 e. The second kappa shape index (κ2) is 12.1. The van der Waals surface area contributed by atoms with Crippen molar-refractivity contribution in [3.63, 3.8) is 0 Å². The summed E-state index contributed by atoms with van der Waals surface area (Å²) in [6, 6.07) is 17.6. The fraction of sp³-hybridized carbons (Fsp3) is 0.292. The first-order chi connectivity index (χ1) is 16.1. The summed E-state index contributed by atoms with van der Waals surface area (Å²) in [6.45, 7) is 4.41. The molecule has 0 fully saturated rings. The third-order valence-corrected chi connectivity index (χ3v) is 4.77. The van der Waals surface area contributed by atoms with E-state index in [-0.39, 0.29) is 11.6 Å². The number of hydrogen-bond donors (Lipinski definition) is 3. The highest BCUT2D eigenvalue weighted by molar-refractivity contribution is 5.79. The van der Waals surface area contributed by atoms with Gasteiger partial charge in [-0.2, -0.15) is 10.4 Å². The number of rotatable bonds is 10. The van der Waals surface area contributed by atoms with Gasteiger partial charge in [0.1, 0.15) is 35.6 Å². The van der Waals surface area contributed by atoms with Crippen LogP contribution in [0.4, 0.5) is 10.2 Å². The summed E-state index contributed by atoms with van der Waals surface area (Å²) >= 11 is 0. The van der Waals surface area contributed by atoms with Crippen molar-refractivity contribution in [2.75, 3.05) is 32.0 Å².